The molecule has 0 saturated heterocycles. The van der Waals surface area contributed by atoms with Crippen LogP contribution in [0, 0.1) is 5.92 Å². The van der Waals surface area contributed by atoms with Gasteiger partial charge in [-0.25, -0.2) is 4.98 Å². The van der Waals surface area contributed by atoms with E-state index in [9.17, 15) is 0 Å². The predicted molar refractivity (Wildman–Crippen MR) is 84.6 cm³/mol. The molecular formula is C15H20Cl2N2O. The van der Waals surface area contributed by atoms with Crippen LogP contribution in [0.15, 0.2) is 18.2 Å². The van der Waals surface area contributed by atoms with Crippen LogP contribution < -0.4 is 0 Å². The monoisotopic (exact) mass is 314 g/mol. The molecule has 1 aromatic carbocycles. The quantitative estimate of drug-likeness (QED) is 0.556. The fourth-order valence-electron chi connectivity index (χ4n) is 2.09. The van der Waals surface area contributed by atoms with Crippen LogP contribution in [0.4, 0.5) is 0 Å². The summed E-state index contributed by atoms with van der Waals surface area (Å²) < 4.78 is 7.76. The molecule has 2 rings (SSSR count). The van der Waals surface area contributed by atoms with Crippen molar-refractivity contribution in [3.63, 3.8) is 0 Å². The minimum Gasteiger partial charge on any atom is -0.380 e. The van der Waals surface area contributed by atoms with Crippen LogP contribution in [0.3, 0.4) is 0 Å². The fraction of sp³-hybridized carbons (Fsp3) is 0.533. The van der Waals surface area contributed by atoms with Crippen molar-refractivity contribution in [3.05, 3.63) is 29.0 Å². The number of benzene rings is 1. The van der Waals surface area contributed by atoms with Crippen molar-refractivity contribution in [1.29, 1.82) is 0 Å². The number of nitrogens with zero attached hydrogens (tertiary/aromatic N) is 2. The van der Waals surface area contributed by atoms with Crippen molar-refractivity contribution in [3.8, 4) is 0 Å². The number of halogens is 2. The van der Waals surface area contributed by atoms with E-state index in [4.69, 9.17) is 27.9 Å². The summed E-state index contributed by atoms with van der Waals surface area (Å²) in [4.78, 5) is 4.50. The van der Waals surface area contributed by atoms with Crippen LogP contribution in [-0.2, 0) is 17.2 Å². The highest BCUT2D eigenvalue weighted by molar-refractivity contribution is 6.34. The van der Waals surface area contributed by atoms with E-state index in [1.54, 1.807) is 0 Å². The zero-order valence-corrected chi connectivity index (χ0v) is 13.4. The van der Waals surface area contributed by atoms with E-state index in [2.05, 4.69) is 23.4 Å². The lowest BCUT2D eigenvalue weighted by Crippen LogP contribution is -2.10. The summed E-state index contributed by atoms with van der Waals surface area (Å²) in [5.74, 6) is 1.88. The fourth-order valence-corrected chi connectivity index (χ4v) is 2.51. The molecule has 0 N–H and O–H groups in total. The van der Waals surface area contributed by atoms with Crippen molar-refractivity contribution >= 4 is 34.2 Å². The van der Waals surface area contributed by atoms with Crippen LogP contribution in [0.25, 0.3) is 11.0 Å². The number of hydrogen-bond donors (Lipinski definition) is 0. The van der Waals surface area contributed by atoms with Gasteiger partial charge in [-0.05, 0) is 24.5 Å². The van der Waals surface area contributed by atoms with Crippen LogP contribution in [0.2, 0.25) is 5.02 Å². The van der Waals surface area contributed by atoms with Gasteiger partial charge in [0, 0.05) is 13.2 Å². The Morgan fingerprint density at radius 2 is 2.10 bits per heavy atom. The van der Waals surface area contributed by atoms with Gasteiger partial charge in [0.2, 0.25) is 0 Å². The molecule has 0 atom stereocenters. The number of ether oxygens (including phenoxy) is 1. The number of aromatic nitrogens is 2. The number of para-hydroxylation sites is 1. The van der Waals surface area contributed by atoms with Crippen molar-refractivity contribution in [2.24, 2.45) is 5.92 Å². The average molecular weight is 315 g/mol. The molecule has 0 fully saturated rings. The molecule has 0 saturated carbocycles. The molecule has 0 unspecified atom stereocenters. The standard InChI is InChI=1S/C15H20Cl2N2O/c1-11(2)6-8-20-9-7-19-13-5-3-4-12(17)15(13)18-14(19)10-16/h3-5,11H,6-10H2,1-2H3. The van der Waals surface area contributed by atoms with Gasteiger partial charge in [-0.1, -0.05) is 31.5 Å². The first kappa shape index (κ1) is 15.6. The molecule has 3 nitrogen and oxygen atoms in total. The molecule has 20 heavy (non-hydrogen) atoms. The molecule has 0 amide bonds. The van der Waals surface area contributed by atoms with Crippen LogP contribution >= 0.6 is 23.2 Å². The van der Waals surface area contributed by atoms with Gasteiger partial charge in [0.15, 0.2) is 0 Å². The van der Waals surface area contributed by atoms with Crippen LogP contribution in [0.5, 0.6) is 0 Å². The van der Waals surface area contributed by atoms with Gasteiger partial charge >= 0.3 is 0 Å². The normalized spacial score (nSPS) is 11.7. The molecule has 0 aliphatic rings. The second-order valence-corrected chi connectivity index (χ2v) is 5.89. The second kappa shape index (κ2) is 7.30. The van der Waals surface area contributed by atoms with Crippen molar-refractivity contribution in [2.75, 3.05) is 13.2 Å². The minimum absolute atomic E-state index is 0.372. The number of alkyl halides is 1. The molecule has 110 valence electrons. The number of hydrogen-bond acceptors (Lipinski definition) is 2. The van der Waals surface area contributed by atoms with Gasteiger partial charge < -0.3 is 9.30 Å². The summed E-state index contributed by atoms with van der Waals surface area (Å²) in [7, 11) is 0. The lowest BCUT2D eigenvalue weighted by molar-refractivity contribution is 0.116. The van der Waals surface area contributed by atoms with E-state index in [0.717, 1.165) is 36.4 Å². The zero-order valence-electron chi connectivity index (χ0n) is 11.9. The Bertz CT molecular complexity index is 566. The maximum Gasteiger partial charge on any atom is 0.124 e. The molecule has 0 spiro atoms. The highest BCUT2D eigenvalue weighted by atomic mass is 35.5. The average Bonchev–Trinajstić information content (AvgIpc) is 2.78. The SMILES string of the molecule is CC(C)CCOCCn1c(CCl)nc2c(Cl)cccc21. The first-order valence-electron chi connectivity index (χ1n) is 6.90. The Morgan fingerprint density at radius 1 is 1.30 bits per heavy atom. The Hall–Kier alpha value is -0.770. The lowest BCUT2D eigenvalue weighted by atomic mass is 10.1. The van der Waals surface area contributed by atoms with Crippen LogP contribution in [-0.4, -0.2) is 22.8 Å². The summed E-state index contributed by atoms with van der Waals surface area (Å²) >= 11 is 12.1. The van der Waals surface area contributed by atoms with Crippen molar-refractivity contribution in [2.45, 2.75) is 32.7 Å². The molecule has 0 aliphatic carbocycles. The van der Waals surface area contributed by atoms with E-state index in [0.29, 0.717) is 23.4 Å². The van der Waals surface area contributed by atoms with E-state index in [1.165, 1.54) is 0 Å². The van der Waals surface area contributed by atoms with Gasteiger partial charge in [-0.15, -0.1) is 11.6 Å². The molecule has 0 bridgehead atoms. The maximum absolute atomic E-state index is 6.17. The van der Waals surface area contributed by atoms with Gasteiger partial charge in [-0.2, -0.15) is 0 Å². The smallest absolute Gasteiger partial charge is 0.124 e. The van der Waals surface area contributed by atoms with Gasteiger partial charge in [-0.3, -0.25) is 0 Å². The largest absolute Gasteiger partial charge is 0.380 e. The van der Waals surface area contributed by atoms with E-state index in [-0.39, 0.29) is 0 Å². The Morgan fingerprint density at radius 3 is 2.80 bits per heavy atom. The number of imidazole rings is 1. The highest BCUT2D eigenvalue weighted by Crippen LogP contribution is 2.24. The van der Waals surface area contributed by atoms with E-state index < -0.39 is 0 Å². The van der Waals surface area contributed by atoms with Crippen molar-refractivity contribution in [1.82, 2.24) is 9.55 Å². The third-order valence-corrected chi connectivity index (χ3v) is 3.77. The highest BCUT2D eigenvalue weighted by Gasteiger charge is 2.11. The zero-order chi connectivity index (χ0) is 14.5. The third-order valence-electron chi connectivity index (χ3n) is 3.23. The molecule has 1 heterocycles. The van der Waals surface area contributed by atoms with Gasteiger partial charge in [0.25, 0.3) is 0 Å². The maximum atomic E-state index is 6.17. The topological polar surface area (TPSA) is 27.1 Å². The summed E-state index contributed by atoms with van der Waals surface area (Å²) in [6.07, 6.45) is 1.08. The Labute approximate surface area is 129 Å². The minimum atomic E-state index is 0.372. The first-order valence-corrected chi connectivity index (χ1v) is 7.82. The summed E-state index contributed by atoms with van der Waals surface area (Å²) in [6, 6.07) is 5.79. The molecule has 1 aromatic heterocycles. The molecule has 2 aromatic rings. The predicted octanol–water partition coefficient (Wildman–Crippen LogP) is 4.49. The second-order valence-electron chi connectivity index (χ2n) is 5.22. The van der Waals surface area contributed by atoms with E-state index >= 15 is 0 Å². The van der Waals surface area contributed by atoms with Crippen molar-refractivity contribution < 1.29 is 4.74 Å². The number of fused-ring (bicyclic) bond motifs is 1. The van der Waals surface area contributed by atoms with Crippen LogP contribution in [0.1, 0.15) is 26.1 Å². The molecule has 5 heteroatoms. The summed E-state index contributed by atoms with van der Waals surface area (Å²) in [5, 5.41) is 0.661. The molecule has 0 aliphatic heterocycles. The molecular weight excluding hydrogens is 295 g/mol. The number of rotatable bonds is 7. The lowest BCUT2D eigenvalue weighted by Gasteiger charge is -2.09. The summed E-state index contributed by atoms with van der Waals surface area (Å²) in [5.41, 5.74) is 1.83. The third kappa shape index (κ3) is 3.66. The molecule has 0 radical (unpaired) electrons. The Balaban J connectivity index is 2.07. The first-order chi connectivity index (χ1) is 9.63. The van der Waals surface area contributed by atoms with Gasteiger partial charge in [0.1, 0.15) is 11.3 Å². The Kier molecular flexibility index (Phi) is 5.70. The van der Waals surface area contributed by atoms with Gasteiger partial charge in [0.05, 0.1) is 23.0 Å². The van der Waals surface area contributed by atoms with E-state index in [1.807, 2.05) is 18.2 Å². The summed E-state index contributed by atoms with van der Waals surface area (Å²) in [6.45, 7) is 6.59.